The Kier molecular flexibility index (Phi) is 4.39. The lowest BCUT2D eigenvalue weighted by atomic mass is 10.2. The van der Waals surface area contributed by atoms with Crippen molar-refractivity contribution in [3.05, 3.63) is 30.3 Å². The lowest BCUT2D eigenvalue weighted by molar-refractivity contribution is -0.133. The van der Waals surface area contributed by atoms with Gasteiger partial charge in [0.05, 0.1) is 6.54 Å². The molecule has 19 heavy (non-hydrogen) atoms. The molecule has 0 spiro atoms. The number of para-hydroxylation sites is 1. The van der Waals surface area contributed by atoms with Gasteiger partial charge in [-0.05, 0) is 18.6 Å². The van der Waals surface area contributed by atoms with Gasteiger partial charge in [-0.3, -0.25) is 9.59 Å². The molecule has 2 amide bonds. The van der Waals surface area contributed by atoms with Gasteiger partial charge < -0.3 is 15.0 Å². The van der Waals surface area contributed by atoms with Crippen LogP contribution in [0.5, 0.6) is 5.75 Å². The maximum atomic E-state index is 12.0. The summed E-state index contributed by atoms with van der Waals surface area (Å²) in [6.07, 6.45) is 1.02. The normalized spacial score (nSPS) is 17.9. The maximum absolute atomic E-state index is 12.0. The van der Waals surface area contributed by atoms with Crippen LogP contribution < -0.4 is 10.1 Å². The van der Waals surface area contributed by atoms with Crippen molar-refractivity contribution in [2.45, 2.75) is 18.9 Å². The van der Waals surface area contributed by atoms with Crippen LogP contribution >= 0.6 is 0 Å². The predicted octanol–water partition coefficient (Wildman–Crippen LogP) is 0.802. The number of carbonyl (C=O) groups is 2. The van der Waals surface area contributed by atoms with Crippen molar-refractivity contribution >= 4 is 11.8 Å². The first-order valence-electron chi connectivity index (χ1n) is 6.39. The molecule has 1 aliphatic heterocycles. The van der Waals surface area contributed by atoms with Gasteiger partial charge in [-0.25, -0.2) is 0 Å². The van der Waals surface area contributed by atoms with Gasteiger partial charge in [0.2, 0.25) is 11.8 Å². The van der Waals surface area contributed by atoms with Crippen molar-refractivity contribution in [2.24, 2.45) is 0 Å². The highest BCUT2D eigenvalue weighted by Gasteiger charge is 2.29. The van der Waals surface area contributed by atoms with Crippen LogP contribution in [0.15, 0.2) is 30.3 Å². The molecule has 1 aromatic rings. The van der Waals surface area contributed by atoms with Gasteiger partial charge in [-0.15, -0.1) is 0 Å². The third-order valence-electron chi connectivity index (χ3n) is 3.11. The van der Waals surface area contributed by atoms with Crippen molar-refractivity contribution in [3.8, 4) is 5.75 Å². The number of nitrogens with zero attached hydrogens (tertiary/aromatic N) is 1. The average molecular weight is 262 g/mol. The van der Waals surface area contributed by atoms with Crippen LogP contribution in [0, 0.1) is 0 Å². The van der Waals surface area contributed by atoms with Gasteiger partial charge in [0.1, 0.15) is 18.4 Å². The van der Waals surface area contributed by atoms with Crippen LogP contribution in [0.4, 0.5) is 0 Å². The Labute approximate surface area is 112 Å². The summed E-state index contributed by atoms with van der Waals surface area (Å²) in [7, 11) is 1.72. The molecule has 1 N–H and O–H groups in total. The molecule has 0 bridgehead atoms. The van der Waals surface area contributed by atoms with E-state index >= 15 is 0 Å². The maximum Gasteiger partial charge on any atom is 0.245 e. The molecule has 102 valence electrons. The fraction of sp³-hybridized carbons (Fsp3) is 0.429. The molecule has 0 aliphatic carbocycles. The standard InChI is InChI=1S/C14H18N2O3/c1-16(14(18)12-7-8-13(17)15-12)9-10-19-11-5-3-2-4-6-11/h2-6,12H,7-10H2,1H3,(H,15,17)/t12-/m0/s1. The third kappa shape index (κ3) is 3.71. The van der Waals surface area contributed by atoms with Gasteiger partial charge in [0.25, 0.3) is 0 Å². The minimum Gasteiger partial charge on any atom is -0.492 e. The van der Waals surface area contributed by atoms with E-state index in [0.717, 1.165) is 5.75 Å². The zero-order valence-electron chi connectivity index (χ0n) is 11.0. The molecule has 1 saturated heterocycles. The van der Waals surface area contributed by atoms with E-state index in [-0.39, 0.29) is 17.9 Å². The summed E-state index contributed by atoms with van der Waals surface area (Å²) in [5.74, 6) is 0.687. The average Bonchev–Trinajstić information content (AvgIpc) is 2.85. The van der Waals surface area contributed by atoms with E-state index in [0.29, 0.717) is 26.0 Å². The highest BCUT2D eigenvalue weighted by atomic mass is 16.5. The molecule has 5 heteroatoms. The van der Waals surface area contributed by atoms with Gasteiger partial charge in [0, 0.05) is 13.5 Å². The summed E-state index contributed by atoms with van der Waals surface area (Å²) in [5, 5.41) is 2.67. The Morgan fingerprint density at radius 2 is 2.16 bits per heavy atom. The second-order valence-electron chi connectivity index (χ2n) is 4.58. The molecule has 1 aliphatic rings. The number of rotatable bonds is 5. The van der Waals surface area contributed by atoms with Gasteiger partial charge >= 0.3 is 0 Å². The van der Waals surface area contributed by atoms with Gasteiger partial charge in [-0.1, -0.05) is 18.2 Å². The number of ether oxygens (including phenoxy) is 1. The van der Waals surface area contributed by atoms with Crippen LogP contribution in [0.25, 0.3) is 0 Å². The molecule has 1 aromatic carbocycles. The van der Waals surface area contributed by atoms with Crippen molar-refractivity contribution < 1.29 is 14.3 Å². The summed E-state index contributed by atoms with van der Waals surface area (Å²) in [6, 6.07) is 9.11. The highest BCUT2D eigenvalue weighted by Crippen LogP contribution is 2.10. The zero-order valence-corrected chi connectivity index (χ0v) is 11.0. The number of hydrogen-bond donors (Lipinski definition) is 1. The third-order valence-corrected chi connectivity index (χ3v) is 3.11. The molecule has 5 nitrogen and oxygen atoms in total. The van der Waals surface area contributed by atoms with Crippen LogP contribution in [-0.4, -0.2) is 43.0 Å². The molecule has 1 fully saturated rings. The minimum atomic E-state index is -0.366. The first kappa shape index (κ1) is 13.4. The number of likely N-dealkylation sites (N-methyl/N-ethyl adjacent to an activating group) is 1. The molecule has 2 rings (SSSR count). The van der Waals surface area contributed by atoms with E-state index < -0.39 is 0 Å². The Hall–Kier alpha value is -2.04. The quantitative estimate of drug-likeness (QED) is 0.854. The first-order chi connectivity index (χ1) is 9.16. The van der Waals surface area contributed by atoms with Crippen LogP contribution in [0.2, 0.25) is 0 Å². The Balaban J connectivity index is 1.73. The molecule has 1 atom stereocenters. The van der Waals surface area contributed by atoms with Crippen LogP contribution in [0.3, 0.4) is 0 Å². The summed E-state index contributed by atoms with van der Waals surface area (Å²) in [5.41, 5.74) is 0. The van der Waals surface area contributed by atoms with Crippen molar-refractivity contribution in [3.63, 3.8) is 0 Å². The topological polar surface area (TPSA) is 58.6 Å². The van der Waals surface area contributed by atoms with Gasteiger partial charge in [-0.2, -0.15) is 0 Å². The van der Waals surface area contributed by atoms with Crippen LogP contribution in [-0.2, 0) is 9.59 Å². The number of carbonyl (C=O) groups excluding carboxylic acids is 2. The number of hydrogen-bond acceptors (Lipinski definition) is 3. The monoisotopic (exact) mass is 262 g/mol. The second kappa shape index (κ2) is 6.22. The molecular formula is C14H18N2O3. The van der Waals surface area contributed by atoms with E-state index in [1.54, 1.807) is 11.9 Å². The highest BCUT2D eigenvalue weighted by molar-refractivity contribution is 5.90. The number of nitrogens with one attached hydrogen (secondary N) is 1. The van der Waals surface area contributed by atoms with Crippen molar-refractivity contribution in [1.29, 1.82) is 0 Å². The Bertz CT molecular complexity index is 447. The molecule has 0 saturated carbocycles. The molecule has 1 heterocycles. The SMILES string of the molecule is CN(CCOc1ccccc1)C(=O)[C@@H]1CCC(=O)N1. The minimum absolute atomic E-state index is 0.0488. The van der Waals surface area contributed by atoms with Crippen LogP contribution in [0.1, 0.15) is 12.8 Å². The Morgan fingerprint density at radius 1 is 1.42 bits per heavy atom. The molecule has 0 unspecified atom stereocenters. The summed E-state index contributed by atoms with van der Waals surface area (Å²) < 4.78 is 5.53. The number of amides is 2. The van der Waals surface area contributed by atoms with E-state index in [4.69, 9.17) is 4.74 Å². The van der Waals surface area contributed by atoms with Crippen molar-refractivity contribution in [2.75, 3.05) is 20.2 Å². The van der Waals surface area contributed by atoms with E-state index in [1.807, 2.05) is 30.3 Å². The fourth-order valence-corrected chi connectivity index (χ4v) is 1.99. The molecule has 0 radical (unpaired) electrons. The lowest BCUT2D eigenvalue weighted by Gasteiger charge is -2.21. The number of benzene rings is 1. The predicted molar refractivity (Wildman–Crippen MR) is 70.7 cm³/mol. The van der Waals surface area contributed by atoms with E-state index in [9.17, 15) is 9.59 Å². The smallest absolute Gasteiger partial charge is 0.245 e. The second-order valence-corrected chi connectivity index (χ2v) is 4.58. The summed E-state index contributed by atoms with van der Waals surface area (Å²) in [4.78, 5) is 24.7. The summed E-state index contributed by atoms with van der Waals surface area (Å²) >= 11 is 0. The van der Waals surface area contributed by atoms with E-state index in [1.165, 1.54) is 0 Å². The zero-order chi connectivity index (χ0) is 13.7. The largest absolute Gasteiger partial charge is 0.492 e. The van der Waals surface area contributed by atoms with E-state index in [2.05, 4.69) is 5.32 Å². The van der Waals surface area contributed by atoms with Gasteiger partial charge in [0.15, 0.2) is 0 Å². The summed E-state index contributed by atoms with van der Waals surface area (Å²) in [6.45, 7) is 0.938. The fourth-order valence-electron chi connectivity index (χ4n) is 1.99. The molecular weight excluding hydrogens is 244 g/mol. The van der Waals surface area contributed by atoms with Crippen molar-refractivity contribution in [1.82, 2.24) is 10.2 Å². The lowest BCUT2D eigenvalue weighted by Crippen LogP contribution is -2.43. The molecule has 0 aromatic heterocycles. The first-order valence-corrected chi connectivity index (χ1v) is 6.39. The Morgan fingerprint density at radius 3 is 2.79 bits per heavy atom.